The molecule has 0 unspecified atom stereocenters. The zero-order valence-corrected chi connectivity index (χ0v) is 33.2. The van der Waals surface area contributed by atoms with Crippen molar-refractivity contribution in [1.29, 1.82) is 0 Å². The minimum absolute atomic E-state index is 0.177. The number of anilines is 1. The first-order valence-electron chi connectivity index (χ1n) is 19.2. The first-order chi connectivity index (χ1) is 28.6. The molecule has 0 spiro atoms. The maximum absolute atomic E-state index is 14.7. The molecule has 1 aromatic heterocycles. The largest absolute Gasteiger partial charge is 0.871 e. The van der Waals surface area contributed by atoms with Gasteiger partial charge in [0.25, 0.3) is 0 Å². The van der Waals surface area contributed by atoms with Gasteiger partial charge in [0, 0.05) is 47.1 Å². The van der Waals surface area contributed by atoms with Crippen molar-refractivity contribution in [3.63, 3.8) is 0 Å². The Morgan fingerprint density at radius 1 is 0.552 bits per heavy atom. The fraction of sp³-hybridized carbons (Fsp3) is 0.0800. The van der Waals surface area contributed by atoms with Crippen LogP contribution in [0.15, 0.2) is 203 Å². The quantitative estimate of drug-likeness (QED) is 0.0911. The lowest BCUT2D eigenvalue weighted by molar-refractivity contribution is -0.558. The van der Waals surface area contributed by atoms with Crippen LogP contribution in [0.1, 0.15) is 32.7 Å². The van der Waals surface area contributed by atoms with E-state index in [0.29, 0.717) is 47.4 Å². The molecule has 0 N–H and O–H groups in total. The van der Waals surface area contributed by atoms with E-state index in [1.165, 1.54) is 23.1 Å². The zero-order chi connectivity index (χ0) is 39.3. The number of aromatic nitrogens is 1. The van der Waals surface area contributed by atoms with Crippen LogP contribution in [0.4, 0.5) is 5.13 Å². The Labute approximate surface area is 346 Å². The molecule has 0 fully saturated rings. The number of thiazole rings is 1. The summed E-state index contributed by atoms with van der Waals surface area (Å²) in [5.74, 6) is -0.555. The normalized spacial score (nSPS) is 15.0. The number of Topliss-reactive ketones (excluding diaryl/α,β-unsaturated/α-hetero) is 1. The first-order valence-corrected chi connectivity index (χ1v) is 20.8. The van der Waals surface area contributed by atoms with Gasteiger partial charge in [-0.15, -0.1) is 0 Å². The number of rotatable bonds is 12. The summed E-state index contributed by atoms with van der Waals surface area (Å²) in [6, 6.07) is 60.9. The number of carbonyl (C=O) groups is 1. The van der Waals surface area contributed by atoms with Crippen molar-refractivity contribution >= 4 is 50.5 Å². The van der Waals surface area contributed by atoms with E-state index in [-0.39, 0.29) is 22.7 Å². The third-order valence-electron chi connectivity index (χ3n) is 10.1. The number of allylic oxidation sites excluding steroid dienone is 3. The molecule has 9 rings (SSSR count). The molecule has 1 aliphatic heterocycles. The Bertz CT molecular complexity index is 2610. The number of ketones is 1. The van der Waals surface area contributed by atoms with Gasteiger partial charge in [-0.25, -0.2) is 9.56 Å². The molecule has 0 saturated carbocycles. The second kappa shape index (κ2) is 16.9. The number of benzene rings is 6. The second-order valence-corrected chi connectivity index (χ2v) is 16.1. The van der Waals surface area contributed by atoms with Gasteiger partial charge in [-0.1, -0.05) is 199 Å². The van der Waals surface area contributed by atoms with Crippen LogP contribution in [0.3, 0.4) is 0 Å². The van der Waals surface area contributed by atoms with Crippen LogP contribution >= 0.6 is 23.1 Å². The van der Waals surface area contributed by atoms with E-state index in [2.05, 4.69) is 58.0 Å². The Hall–Kier alpha value is -6.61. The summed E-state index contributed by atoms with van der Waals surface area (Å²) in [7, 11) is 0. The summed E-state index contributed by atoms with van der Waals surface area (Å²) in [4.78, 5) is 28.5. The van der Waals surface area contributed by atoms with E-state index in [1.54, 1.807) is 0 Å². The topological polar surface area (TPSA) is 71.6 Å². The van der Waals surface area contributed by atoms with Gasteiger partial charge >= 0.3 is 5.17 Å². The van der Waals surface area contributed by atoms with Crippen LogP contribution < -0.4 is 10.0 Å². The molecule has 6 aromatic carbocycles. The van der Waals surface area contributed by atoms with Crippen LogP contribution in [-0.2, 0) is 31.0 Å². The van der Waals surface area contributed by atoms with Gasteiger partial charge in [0.05, 0.1) is 15.5 Å². The lowest BCUT2D eigenvalue weighted by Crippen LogP contribution is -2.31. The smallest absolute Gasteiger partial charge is 0.360 e. The van der Waals surface area contributed by atoms with Crippen LogP contribution in [0.2, 0.25) is 0 Å². The van der Waals surface area contributed by atoms with Crippen molar-refractivity contribution in [2.45, 2.75) is 26.2 Å². The number of hydrogen-bond donors (Lipinski definition) is 0. The molecule has 6 nitrogen and oxygen atoms in total. The molecule has 8 heteroatoms. The Morgan fingerprint density at radius 2 is 1.00 bits per heavy atom. The molecule has 7 aromatic rings. The number of amidine groups is 1. The minimum atomic E-state index is -0.278. The average Bonchev–Trinajstić information content (AvgIpc) is 3.91. The van der Waals surface area contributed by atoms with E-state index in [4.69, 9.17) is 9.98 Å². The molecule has 0 saturated heterocycles. The van der Waals surface area contributed by atoms with Gasteiger partial charge in [-0.05, 0) is 27.2 Å². The van der Waals surface area contributed by atoms with E-state index >= 15 is 0 Å². The Balaban J connectivity index is 1.16. The SMILES string of the molecule is O=C1C(c2sc(N(Cc3ccccc3)Cc3ccccc3)nc2-c2ccccc2)=C([O-])/C1=C1/SC(=[N+](Cc2ccccc2)Cc2ccccc2)N=C1c1ccccc1. The summed E-state index contributed by atoms with van der Waals surface area (Å²) in [6.45, 7) is 2.44. The molecule has 0 atom stereocenters. The maximum atomic E-state index is 14.7. The second-order valence-electron chi connectivity index (χ2n) is 14.1. The van der Waals surface area contributed by atoms with E-state index < -0.39 is 0 Å². The van der Waals surface area contributed by atoms with Gasteiger partial charge in [-0.3, -0.25) is 4.79 Å². The third-order valence-corrected chi connectivity index (χ3v) is 12.4. The molecule has 282 valence electrons. The van der Waals surface area contributed by atoms with Crippen molar-refractivity contribution in [3.05, 3.63) is 231 Å². The Morgan fingerprint density at radius 3 is 1.48 bits per heavy atom. The molecule has 0 radical (unpaired) electrons. The molecule has 1 aliphatic carbocycles. The van der Waals surface area contributed by atoms with Crippen molar-refractivity contribution in [2.24, 2.45) is 4.99 Å². The van der Waals surface area contributed by atoms with Gasteiger partial charge in [0.1, 0.15) is 13.1 Å². The monoisotopic (exact) mass is 790 g/mol. The summed E-state index contributed by atoms with van der Waals surface area (Å²) in [6.07, 6.45) is 0. The predicted molar refractivity (Wildman–Crippen MR) is 235 cm³/mol. The molecule has 58 heavy (non-hydrogen) atoms. The van der Waals surface area contributed by atoms with Gasteiger partial charge in [0.2, 0.25) is 0 Å². The highest BCUT2D eigenvalue weighted by Crippen LogP contribution is 2.48. The van der Waals surface area contributed by atoms with Crippen LogP contribution in [0.5, 0.6) is 0 Å². The molecular weight excluding hydrogens is 753 g/mol. The van der Waals surface area contributed by atoms with Gasteiger partial charge < -0.3 is 10.0 Å². The number of aliphatic imine (C=N–C) groups is 1. The maximum Gasteiger partial charge on any atom is 0.360 e. The molecule has 0 amide bonds. The lowest BCUT2D eigenvalue weighted by atomic mass is 9.84. The molecule has 2 heterocycles. The standard InChI is InChI=1S/C50H38N4O2S2/c55-45-41(47-43(39-27-15-5-16-28-39)51-49(57-47)53(31-35-19-7-1-8-20-35)32-36-21-9-2-10-22-36)46(56)42(45)48-44(40-29-17-6-18-30-40)52-50(58-48)54(33-37-23-11-3-12-24-37)34-38-25-13-4-14-26-38/h1-30H,31-34H2. The summed E-state index contributed by atoms with van der Waals surface area (Å²) < 4.78 is 2.22. The van der Waals surface area contributed by atoms with E-state index in [1.807, 2.05) is 133 Å². The molecule has 2 aliphatic rings. The van der Waals surface area contributed by atoms with E-state index in [0.717, 1.165) is 43.7 Å². The zero-order valence-electron chi connectivity index (χ0n) is 31.6. The molecule has 0 bridgehead atoms. The van der Waals surface area contributed by atoms with Crippen molar-refractivity contribution in [3.8, 4) is 11.3 Å². The third kappa shape index (κ3) is 7.85. The van der Waals surface area contributed by atoms with Crippen LogP contribution in [0.25, 0.3) is 16.8 Å². The summed E-state index contributed by atoms with van der Waals surface area (Å²) in [5.41, 5.74) is 7.87. The average molecular weight is 791 g/mol. The van der Waals surface area contributed by atoms with Crippen molar-refractivity contribution in [1.82, 2.24) is 4.98 Å². The number of nitrogens with zero attached hydrogens (tertiary/aromatic N) is 4. The minimum Gasteiger partial charge on any atom is -0.871 e. The highest BCUT2D eigenvalue weighted by molar-refractivity contribution is 8.18. The summed E-state index contributed by atoms with van der Waals surface area (Å²) >= 11 is 2.81. The van der Waals surface area contributed by atoms with Crippen molar-refractivity contribution < 1.29 is 14.5 Å². The fourth-order valence-electron chi connectivity index (χ4n) is 7.21. The highest BCUT2D eigenvalue weighted by atomic mass is 32.2. The first kappa shape index (κ1) is 37.0. The predicted octanol–water partition coefficient (Wildman–Crippen LogP) is 9.93. The van der Waals surface area contributed by atoms with Crippen molar-refractivity contribution in [2.75, 3.05) is 4.90 Å². The van der Waals surface area contributed by atoms with Gasteiger partial charge in [-0.2, -0.15) is 0 Å². The van der Waals surface area contributed by atoms with E-state index in [9.17, 15) is 9.90 Å². The summed E-state index contributed by atoms with van der Waals surface area (Å²) in [5, 5.41) is 16.2. The lowest BCUT2D eigenvalue weighted by Gasteiger charge is -2.31. The van der Waals surface area contributed by atoms with Gasteiger partial charge in [0.15, 0.2) is 16.6 Å². The molecular formula is C50H38N4O2S2. The highest BCUT2D eigenvalue weighted by Gasteiger charge is 2.42. The van der Waals surface area contributed by atoms with Crippen LogP contribution in [-0.4, -0.2) is 26.2 Å². The number of carbonyl (C=O) groups excluding carboxylic acids is 1. The number of thioether (sulfide) groups is 1. The fourth-order valence-corrected chi connectivity index (χ4v) is 9.46. The Kier molecular flexibility index (Phi) is 10.8. The number of hydrogen-bond acceptors (Lipinski definition) is 6. The van der Waals surface area contributed by atoms with Crippen LogP contribution in [0, 0.1) is 0 Å².